The lowest BCUT2D eigenvalue weighted by Gasteiger charge is -2.38. The van der Waals surface area contributed by atoms with Gasteiger partial charge in [-0.1, -0.05) is 0 Å². The van der Waals surface area contributed by atoms with E-state index in [1.165, 1.54) is 0 Å². The van der Waals surface area contributed by atoms with Crippen molar-refractivity contribution in [2.75, 3.05) is 66.3 Å². The molecule has 2 aliphatic rings. The molecule has 0 aromatic rings. The van der Waals surface area contributed by atoms with Crippen LogP contribution in [-0.4, -0.2) is 89.3 Å². The Hall–Kier alpha value is -0.890. The van der Waals surface area contributed by atoms with Crippen LogP contribution < -0.4 is 10.6 Å². The number of nitrogens with one attached hydrogen (secondary N) is 2. The van der Waals surface area contributed by atoms with Gasteiger partial charge in [0, 0.05) is 57.9 Å². The molecule has 3 atom stereocenters. The van der Waals surface area contributed by atoms with Gasteiger partial charge in [-0.15, -0.1) is 0 Å². The second kappa shape index (κ2) is 11.7. The minimum atomic E-state index is 0.453. The highest BCUT2D eigenvalue weighted by atomic mass is 16.5. The Morgan fingerprint density at radius 1 is 1.28 bits per heavy atom. The third kappa shape index (κ3) is 7.48. The van der Waals surface area contributed by atoms with Crippen molar-refractivity contribution < 1.29 is 14.2 Å². The van der Waals surface area contributed by atoms with E-state index in [2.05, 4.69) is 34.4 Å². The molecule has 7 nitrogen and oxygen atoms in total. The summed E-state index contributed by atoms with van der Waals surface area (Å²) in [6, 6.07) is 0.928. The minimum absolute atomic E-state index is 0.453. The first-order chi connectivity index (χ1) is 12.2. The van der Waals surface area contributed by atoms with Crippen molar-refractivity contribution in [2.24, 2.45) is 10.9 Å². The minimum Gasteiger partial charge on any atom is -0.381 e. The van der Waals surface area contributed by atoms with Crippen LogP contribution in [0.25, 0.3) is 0 Å². The quantitative estimate of drug-likeness (QED) is 0.360. The topological polar surface area (TPSA) is 67.4 Å². The summed E-state index contributed by atoms with van der Waals surface area (Å²) < 4.78 is 16.6. The summed E-state index contributed by atoms with van der Waals surface area (Å²) in [5.41, 5.74) is 0. The molecule has 2 rings (SSSR count). The van der Waals surface area contributed by atoms with Gasteiger partial charge in [0.2, 0.25) is 0 Å². The second-order valence-electron chi connectivity index (χ2n) is 7.05. The summed E-state index contributed by atoms with van der Waals surface area (Å²) in [4.78, 5) is 6.79. The molecule has 0 saturated carbocycles. The van der Waals surface area contributed by atoms with Gasteiger partial charge in [-0.3, -0.25) is 9.89 Å². The van der Waals surface area contributed by atoms with Gasteiger partial charge in [0.1, 0.15) is 0 Å². The Morgan fingerprint density at radius 2 is 2.12 bits per heavy atom. The highest BCUT2D eigenvalue weighted by molar-refractivity contribution is 5.79. The number of guanidine groups is 1. The van der Waals surface area contributed by atoms with Gasteiger partial charge in [0.15, 0.2) is 5.96 Å². The number of ether oxygens (including phenoxy) is 3. The van der Waals surface area contributed by atoms with Crippen molar-refractivity contribution in [1.82, 2.24) is 15.5 Å². The Labute approximate surface area is 152 Å². The van der Waals surface area contributed by atoms with Gasteiger partial charge in [0.25, 0.3) is 0 Å². The van der Waals surface area contributed by atoms with Crippen LogP contribution >= 0.6 is 0 Å². The van der Waals surface area contributed by atoms with Crippen LogP contribution in [0.5, 0.6) is 0 Å². The van der Waals surface area contributed by atoms with Gasteiger partial charge in [-0.25, -0.2) is 0 Å². The predicted octanol–water partition coefficient (Wildman–Crippen LogP) is 0.704. The number of morpholine rings is 1. The summed E-state index contributed by atoms with van der Waals surface area (Å²) in [6.07, 6.45) is 2.11. The molecule has 0 spiro atoms. The Bertz CT molecular complexity index is 389. The fourth-order valence-electron chi connectivity index (χ4n) is 3.32. The summed E-state index contributed by atoms with van der Waals surface area (Å²) in [7, 11) is 1.81. The lowest BCUT2D eigenvalue weighted by atomic mass is 10.1. The standard InChI is InChI=1S/C18H36N4O3/c1-15(22-7-10-25-12-16(22)2)11-21-18(19-3)20-6-4-8-23-13-17-5-9-24-14-17/h15-17H,4-14H2,1-3H3,(H2,19,20,21). The first-order valence-electron chi connectivity index (χ1n) is 9.64. The largest absolute Gasteiger partial charge is 0.381 e. The fraction of sp³-hybridized carbons (Fsp3) is 0.944. The zero-order chi connectivity index (χ0) is 17.9. The number of hydrogen-bond donors (Lipinski definition) is 2. The molecule has 0 aromatic heterocycles. The average molecular weight is 357 g/mol. The second-order valence-corrected chi connectivity index (χ2v) is 7.05. The molecular formula is C18H36N4O3. The van der Waals surface area contributed by atoms with Crippen molar-refractivity contribution in [3.05, 3.63) is 0 Å². The first kappa shape index (κ1) is 20.4. The summed E-state index contributed by atoms with van der Waals surface area (Å²) in [5, 5.41) is 6.78. The van der Waals surface area contributed by atoms with Gasteiger partial charge < -0.3 is 24.8 Å². The van der Waals surface area contributed by atoms with E-state index in [1.54, 1.807) is 0 Å². The molecule has 2 fully saturated rings. The normalized spacial score (nSPS) is 26.6. The number of hydrogen-bond acceptors (Lipinski definition) is 5. The van der Waals surface area contributed by atoms with E-state index in [1.807, 2.05) is 7.05 Å². The van der Waals surface area contributed by atoms with Crippen LogP contribution in [0.4, 0.5) is 0 Å². The molecular weight excluding hydrogens is 320 g/mol. The molecule has 146 valence electrons. The number of aliphatic imine (C=N–C) groups is 1. The van der Waals surface area contributed by atoms with Crippen LogP contribution in [0.1, 0.15) is 26.7 Å². The molecule has 0 bridgehead atoms. The molecule has 7 heteroatoms. The smallest absolute Gasteiger partial charge is 0.191 e. The zero-order valence-electron chi connectivity index (χ0n) is 16.1. The Balaban J connectivity index is 1.52. The molecule has 2 saturated heterocycles. The molecule has 2 aliphatic heterocycles. The Morgan fingerprint density at radius 3 is 2.84 bits per heavy atom. The van der Waals surface area contributed by atoms with E-state index in [9.17, 15) is 0 Å². The van der Waals surface area contributed by atoms with E-state index in [-0.39, 0.29) is 0 Å². The lowest BCUT2D eigenvalue weighted by Crippen LogP contribution is -2.53. The van der Waals surface area contributed by atoms with Crippen LogP contribution in [0, 0.1) is 5.92 Å². The lowest BCUT2D eigenvalue weighted by molar-refractivity contribution is -0.0174. The van der Waals surface area contributed by atoms with Crippen molar-refractivity contribution >= 4 is 5.96 Å². The van der Waals surface area contributed by atoms with Crippen molar-refractivity contribution in [3.63, 3.8) is 0 Å². The zero-order valence-corrected chi connectivity index (χ0v) is 16.1. The summed E-state index contributed by atoms with van der Waals surface area (Å²) in [6.45, 7) is 12.2. The third-order valence-electron chi connectivity index (χ3n) is 4.91. The SMILES string of the molecule is CN=C(NCCCOCC1CCOC1)NCC(C)N1CCOCC1C. The molecule has 3 unspecified atom stereocenters. The van der Waals surface area contributed by atoms with Crippen molar-refractivity contribution in [3.8, 4) is 0 Å². The van der Waals surface area contributed by atoms with Gasteiger partial charge in [0.05, 0.1) is 26.4 Å². The Kier molecular flexibility index (Phi) is 9.54. The fourth-order valence-corrected chi connectivity index (χ4v) is 3.32. The van der Waals surface area contributed by atoms with Crippen LogP contribution in [0.2, 0.25) is 0 Å². The maximum atomic E-state index is 5.72. The molecule has 0 aromatic carbocycles. The molecule has 0 amide bonds. The van der Waals surface area contributed by atoms with E-state index in [0.717, 1.165) is 78.1 Å². The molecule has 0 aliphatic carbocycles. The van der Waals surface area contributed by atoms with E-state index in [0.29, 0.717) is 18.0 Å². The maximum Gasteiger partial charge on any atom is 0.191 e. The van der Waals surface area contributed by atoms with E-state index < -0.39 is 0 Å². The number of rotatable bonds is 9. The van der Waals surface area contributed by atoms with Crippen LogP contribution in [-0.2, 0) is 14.2 Å². The van der Waals surface area contributed by atoms with Gasteiger partial charge in [-0.05, 0) is 26.7 Å². The maximum absolute atomic E-state index is 5.72. The number of nitrogens with zero attached hydrogens (tertiary/aromatic N) is 2. The van der Waals surface area contributed by atoms with Crippen LogP contribution in [0.3, 0.4) is 0 Å². The summed E-state index contributed by atoms with van der Waals surface area (Å²) >= 11 is 0. The van der Waals surface area contributed by atoms with E-state index >= 15 is 0 Å². The van der Waals surface area contributed by atoms with Crippen molar-refractivity contribution in [2.45, 2.75) is 38.8 Å². The third-order valence-corrected chi connectivity index (χ3v) is 4.91. The van der Waals surface area contributed by atoms with Gasteiger partial charge >= 0.3 is 0 Å². The molecule has 2 N–H and O–H groups in total. The predicted molar refractivity (Wildman–Crippen MR) is 100 cm³/mol. The average Bonchev–Trinajstić information content (AvgIpc) is 3.14. The van der Waals surface area contributed by atoms with Crippen molar-refractivity contribution in [1.29, 1.82) is 0 Å². The van der Waals surface area contributed by atoms with Gasteiger partial charge in [-0.2, -0.15) is 0 Å². The first-order valence-corrected chi connectivity index (χ1v) is 9.64. The molecule has 2 heterocycles. The monoisotopic (exact) mass is 356 g/mol. The van der Waals surface area contributed by atoms with E-state index in [4.69, 9.17) is 14.2 Å². The van der Waals surface area contributed by atoms with Crippen LogP contribution in [0.15, 0.2) is 4.99 Å². The molecule has 0 radical (unpaired) electrons. The highest BCUT2D eigenvalue weighted by Crippen LogP contribution is 2.12. The highest BCUT2D eigenvalue weighted by Gasteiger charge is 2.23. The molecule has 25 heavy (non-hydrogen) atoms. The summed E-state index contributed by atoms with van der Waals surface area (Å²) in [5.74, 6) is 1.45.